The van der Waals surface area contributed by atoms with Crippen LogP contribution in [-0.2, 0) is 31.1 Å². The molecule has 4 rings (SSSR count). The van der Waals surface area contributed by atoms with Crippen LogP contribution in [0.25, 0.3) is 0 Å². The van der Waals surface area contributed by atoms with Crippen LogP contribution in [-0.4, -0.2) is 73.3 Å². The van der Waals surface area contributed by atoms with Crippen LogP contribution in [0.4, 0.5) is 11.4 Å². The number of terminal acetylenes is 1. The maximum atomic E-state index is 12.7. The van der Waals surface area contributed by atoms with Gasteiger partial charge in [0.15, 0.2) is 5.71 Å². The third-order valence-corrected chi connectivity index (χ3v) is 10.4. The average molecular weight is 704 g/mol. The van der Waals surface area contributed by atoms with E-state index in [2.05, 4.69) is 60.5 Å². The molecular weight excluding hydrogens is 662 g/mol. The minimum Gasteiger partial charge on any atom is -0.748 e. The van der Waals surface area contributed by atoms with Gasteiger partial charge in [-0.05, 0) is 62.9 Å². The predicted molar refractivity (Wildman–Crippen MR) is 182 cm³/mol. The SMILES string of the molecule is C#CCNC(=O)c1ccc2c(c1)C(C)(C)/C(=C\C=C\C1=[N+](CCCCS(=O)(=O)[O-])c3ccccc3C1(C)C)N2CCCCS(=O)(=O)[O-].[Na+]. The van der Waals surface area contributed by atoms with Gasteiger partial charge in [-0.1, -0.05) is 44.0 Å². The molecule has 10 nitrogen and oxygen atoms in total. The second kappa shape index (κ2) is 15.9. The Hall–Kier alpha value is -2.76. The number of para-hydroxylation sites is 1. The van der Waals surface area contributed by atoms with Crippen molar-refractivity contribution in [3.8, 4) is 12.3 Å². The average Bonchev–Trinajstić information content (AvgIpc) is 3.33. The second-order valence-electron chi connectivity index (χ2n) is 12.9. The van der Waals surface area contributed by atoms with Gasteiger partial charge in [0.1, 0.15) is 6.54 Å². The summed E-state index contributed by atoms with van der Waals surface area (Å²) >= 11 is 0. The van der Waals surface area contributed by atoms with Crippen LogP contribution in [0.15, 0.2) is 66.4 Å². The molecule has 0 atom stereocenters. The second-order valence-corrected chi connectivity index (χ2v) is 16.0. The molecule has 2 aromatic carbocycles. The van der Waals surface area contributed by atoms with Gasteiger partial charge in [-0.2, -0.15) is 4.58 Å². The van der Waals surface area contributed by atoms with Crippen LogP contribution in [0.3, 0.4) is 0 Å². The molecule has 0 fully saturated rings. The molecule has 2 aromatic rings. The number of hydrogen-bond donors (Lipinski definition) is 1. The smallest absolute Gasteiger partial charge is 0.748 e. The summed E-state index contributed by atoms with van der Waals surface area (Å²) in [5, 5.41) is 2.70. The molecule has 0 saturated heterocycles. The van der Waals surface area contributed by atoms with E-state index in [1.54, 1.807) is 6.07 Å². The number of nitrogens with zero attached hydrogens (tertiary/aromatic N) is 2. The molecule has 0 aliphatic carbocycles. The van der Waals surface area contributed by atoms with Gasteiger partial charge < -0.3 is 19.3 Å². The number of allylic oxidation sites excluding steroid dienone is 4. The Morgan fingerprint density at radius 2 is 1.58 bits per heavy atom. The molecule has 0 bridgehead atoms. The van der Waals surface area contributed by atoms with E-state index in [1.807, 2.05) is 42.5 Å². The van der Waals surface area contributed by atoms with E-state index in [0.29, 0.717) is 31.5 Å². The molecule has 0 spiro atoms. The Morgan fingerprint density at radius 1 is 0.938 bits per heavy atom. The summed E-state index contributed by atoms with van der Waals surface area (Å²) in [6.07, 6.45) is 12.9. The van der Waals surface area contributed by atoms with Crippen LogP contribution in [0, 0.1) is 12.3 Å². The van der Waals surface area contributed by atoms with Crippen molar-refractivity contribution in [2.75, 3.05) is 36.0 Å². The van der Waals surface area contributed by atoms with Crippen LogP contribution in [0.2, 0.25) is 0 Å². The van der Waals surface area contributed by atoms with Crippen molar-refractivity contribution in [2.24, 2.45) is 0 Å². The minimum atomic E-state index is -4.32. The van der Waals surface area contributed by atoms with E-state index in [1.165, 1.54) is 0 Å². The fraction of sp³-hybridized carbons (Fsp3) is 0.429. The van der Waals surface area contributed by atoms with E-state index in [9.17, 15) is 30.7 Å². The van der Waals surface area contributed by atoms with E-state index in [-0.39, 0.29) is 60.3 Å². The fourth-order valence-electron chi connectivity index (χ4n) is 6.50. The Morgan fingerprint density at radius 3 is 2.23 bits per heavy atom. The summed E-state index contributed by atoms with van der Waals surface area (Å²) in [7, 11) is -8.61. The number of amides is 1. The van der Waals surface area contributed by atoms with Crippen molar-refractivity contribution in [1.29, 1.82) is 0 Å². The Labute approximate surface area is 307 Å². The first-order chi connectivity index (χ1) is 22.0. The standard InChI is InChI=1S/C35H43N3O7S2.Na/c1-6-20-36-33(39)26-18-19-30-28(25-26)35(4,5)32(38(30)22-10-12-24-47(43,44)45)17-13-16-31-34(2,3)27-14-7-8-15-29(27)37(31)21-9-11-23-46(40,41)42;/h1,7-8,13-19,25H,9-12,20-24H2,2-5H3,(H2-,36,39,40,41,42,43,44,45);/q;+1/p-1. The summed E-state index contributed by atoms with van der Waals surface area (Å²) in [6, 6.07) is 13.6. The topological polar surface area (TPSA) is 150 Å². The van der Waals surface area contributed by atoms with Crippen molar-refractivity contribution < 1.29 is 64.9 Å². The number of fused-ring (bicyclic) bond motifs is 2. The van der Waals surface area contributed by atoms with E-state index >= 15 is 0 Å². The molecule has 0 saturated carbocycles. The van der Waals surface area contributed by atoms with Crippen molar-refractivity contribution in [3.05, 3.63) is 83.1 Å². The van der Waals surface area contributed by atoms with Gasteiger partial charge in [0.2, 0.25) is 5.69 Å². The summed E-state index contributed by atoms with van der Waals surface area (Å²) in [5.74, 6) is 1.29. The van der Waals surface area contributed by atoms with Gasteiger partial charge in [0.05, 0.1) is 32.2 Å². The third-order valence-electron chi connectivity index (χ3n) is 8.86. The summed E-state index contributed by atoms with van der Waals surface area (Å²) < 4.78 is 69.4. The minimum absolute atomic E-state index is 0. The molecule has 2 aliphatic heterocycles. The number of anilines is 1. The monoisotopic (exact) mass is 703 g/mol. The van der Waals surface area contributed by atoms with Crippen LogP contribution in [0.5, 0.6) is 0 Å². The number of carbonyl (C=O) groups excluding carboxylic acids is 1. The van der Waals surface area contributed by atoms with Crippen LogP contribution < -0.4 is 39.8 Å². The first-order valence-corrected chi connectivity index (χ1v) is 18.8. The maximum absolute atomic E-state index is 12.7. The van der Waals surface area contributed by atoms with Gasteiger partial charge in [-0.15, -0.1) is 6.42 Å². The largest absolute Gasteiger partial charge is 1.00 e. The van der Waals surface area contributed by atoms with Gasteiger partial charge in [0.25, 0.3) is 5.91 Å². The summed E-state index contributed by atoms with van der Waals surface area (Å²) in [5.41, 5.74) is 5.55. The van der Waals surface area contributed by atoms with Crippen molar-refractivity contribution >= 4 is 43.2 Å². The van der Waals surface area contributed by atoms with Crippen molar-refractivity contribution in [1.82, 2.24) is 5.32 Å². The third kappa shape index (κ3) is 9.27. The first-order valence-electron chi connectivity index (χ1n) is 15.6. The number of rotatable bonds is 14. The quantitative estimate of drug-likeness (QED) is 0.102. The van der Waals surface area contributed by atoms with E-state index < -0.39 is 37.2 Å². The normalized spacial score (nSPS) is 17.3. The molecule has 13 heteroatoms. The molecule has 0 unspecified atom stereocenters. The maximum Gasteiger partial charge on any atom is 1.00 e. The number of nitrogens with one attached hydrogen (secondary N) is 1. The van der Waals surface area contributed by atoms with E-state index in [4.69, 9.17) is 6.42 Å². The molecular formula is C35H42N3NaO7S2. The van der Waals surface area contributed by atoms with Gasteiger partial charge in [-0.3, -0.25) is 4.79 Å². The number of carbonyl (C=O) groups is 1. The van der Waals surface area contributed by atoms with Gasteiger partial charge >= 0.3 is 29.6 Å². The summed E-state index contributed by atoms with van der Waals surface area (Å²) in [6.45, 7) is 9.53. The molecule has 48 heavy (non-hydrogen) atoms. The van der Waals surface area contributed by atoms with Gasteiger partial charge in [-0.25, -0.2) is 16.8 Å². The zero-order valence-electron chi connectivity index (χ0n) is 28.3. The zero-order valence-corrected chi connectivity index (χ0v) is 31.9. The molecule has 1 amide bonds. The van der Waals surface area contributed by atoms with E-state index in [0.717, 1.165) is 33.9 Å². The molecule has 0 radical (unpaired) electrons. The Balaban J connectivity index is 0.00000625. The number of unbranched alkanes of at least 4 members (excludes halogenated alkanes) is 2. The van der Waals surface area contributed by atoms with Crippen LogP contribution in [0.1, 0.15) is 74.9 Å². The Bertz CT molecular complexity index is 1890. The number of hydrogen-bond acceptors (Lipinski definition) is 8. The van der Waals surface area contributed by atoms with Crippen molar-refractivity contribution in [3.63, 3.8) is 0 Å². The molecule has 252 valence electrons. The first kappa shape index (κ1) is 39.7. The fourth-order valence-corrected chi connectivity index (χ4v) is 7.62. The molecule has 1 N–H and O–H groups in total. The molecule has 2 aliphatic rings. The van der Waals surface area contributed by atoms with Gasteiger partial charge in [0, 0.05) is 64.5 Å². The predicted octanol–water partition coefficient (Wildman–Crippen LogP) is 1.32. The molecule has 2 heterocycles. The molecule has 0 aromatic heterocycles. The number of benzene rings is 2. The Kier molecular flexibility index (Phi) is 13.1. The van der Waals surface area contributed by atoms with Crippen LogP contribution >= 0.6 is 0 Å². The summed E-state index contributed by atoms with van der Waals surface area (Å²) in [4.78, 5) is 14.9. The van der Waals surface area contributed by atoms with Crippen molar-refractivity contribution in [2.45, 2.75) is 64.2 Å². The zero-order chi connectivity index (χ0) is 34.6.